The molecule has 0 saturated heterocycles. The summed E-state index contributed by atoms with van der Waals surface area (Å²) in [4.78, 5) is 48.7. The van der Waals surface area contributed by atoms with E-state index in [4.69, 9.17) is 4.74 Å². The summed E-state index contributed by atoms with van der Waals surface area (Å²) in [5, 5.41) is 26.0. The highest BCUT2D eigenvalue weighted by atomic mass is 32.1. The van der Waals surface area contributed by atoms with E-state index in [1.165, 1.54) is 43.4 Å². The fraction of sp³-hybridized carbons (Fsp3) is 0.391. The summed E-state index contributed by atoms with van der Waals surface area (Å²) >= 11 is 1.38. The van der Waals surface area contributed by atoms with Crippen molar-refractivity contribution in [1.29, 1.82) is 5.26 Å². The average Bonchev–Trinajstić information content (AvgIpc) is 2.97. The molecule has 1 heterocycles. The van der Waals surface area contributed by atoms with Gasteiger partial charge >= 0.3 is 5.97 Å². The van der Waals surface area contributed by atoms with E-state index in [0.717, 1.165) is 48.6 Å². The maximum atomic E-state index is 12.6. The summed E-state index contributed by atoms with van der Waals surface area (Å²) in [6.07, 6.45) is 3.66. The summed E-state index contributed by atoms with van der Waals surface area (Å²) < 4.78 is 5.19. The molecule has 1 aromatic carbocycles. The van der Waals surface area contributed by atoms with Gasteiger partial charge < -0.3 is 15.4 Å². The van der Waals surface area contributed by atoms with Crippen LogP contribution < -0.4 is 10.6 Å². The van der Waals surface area contributed by atoms with Crippen LogP contribution in [0, 0.1) is 21.4 Å². The van der Waals surface area contributed by atoms with Crippen LogP contribution in [0.3, 0.4) is 0 Å². The van der Waals surface area contributed by atoms with Gasteiger partial charge in [0.1, 0.15) is 17.1 Å². The third kappa shape index (κ3) is 5.77. The van der Waals surface area contributed by atoms with Crippen LogP contribution in [0.4, 0.5) is 10.7 Å². The van der Waals surface area contributed by atoms with Crippen molar-refractivity contribution in [2.45, 2.75) is 58.1 Å². The predicted molar refractivity (Wildman–Crippen MR) is 125 cm³/mol. The number of carbonyl (C=O) groups is 3. The lowest BCUT2D eigenvalue weighted by molar-refractivity contribution is -0.384. The summed E-state index contributed by atoms with van der Waals surface area (Å²) in [5.74, 6) is -2.12. The molecule has 2 amide bonds. The third-order valence-corrected chi connectivity index (χ3v) is 6.66. The number of fused-ring (bicyclic) bond motifs is 1. The molecular formula is C23H24N4O6S. The maximum absolute atomic E-state index is 12.6. The predicted octanol–water partition coefficient (Wildman–Crippen LogP) is 3.49. The van der Waals surface area contributed by atoms with Crippen LogP contribution in [0.2, 0.25) is 0 Å². The molecule has 1 aliphatic carbocycles. The van der Waals surface area contributed by atoms with Gasteiger partial charge in [-0.3, -0.25) is 19.7 Å². The molecule has 1 aromatic heterocycles. The highest BCUT2D eigenvalue weighted by Gasteiger charge is 2.26. The highest BCUT2D eigenvalue weighted by molar-refractivity contribution is 7.16. The summed E-state index contributed by atoms with van der Waals surface area (Å²) in [6.45, 7) is 2.78. The first-order valence-corrected chi connectivity index (χ1v) is 11.6. The third-order valence-electron chi connectivity index (χ3n) is 5.45. The minimum atomic E-state index is -1.17. The number of ether oxygens (including phenoxy) is 1. The number of nitro groups is 1. The van der Waals surface area contributed by atoms with Crippen molar-refractivity contribution >= 4 is 39.8 Å². The molecule has 1 aliphatic rings. The summed E-state index contributed by atoms with van der Waals surface area (Å²) in [6, 6.07) is 6.17. The standard InChI is InChI=1S/C23H24N4O6S/c1-13(25-21(29)15-7-6-8-16(11-15)27(31)32)23(30)33-14(2)20(28)26-22-18(12-24)17-9-4-3-5-10-19(17)34-22/h6-8,11,13-14H,3-5,9-10H2,1-2H3,(H,25,29)(H,26,28)/t13-,14?/m0/s1. The maximum Gasteiger partial charge on any atom is 0.329 e. The molecule has 2 N–H and O–H groups in total. The number of rotatable bonds is 7. The normalized spacial score (nSPS) is 14.5. The number of benzene rings is 1. The van der Waals surface area contributed by atoms with Crippen LogP contribution in [-0.4, -0.2) is 34.9 Å². The van der Waals surface area contributed by atoms with E-state index in [9.17, 15) is 29.8 Å². The molecule has 0 radical (unpaired) electrons. The van der Waals surface area contributed by atoms with Gasteiger partial charge in [0.05, 0.1) is 10.5 Å². The van der Waals surface area contributed by atoms with Crippen molar-refractivity contribution in [3.05, 3.63) is 55.9 Å². The van der Waals surface area contributed by atoms with Crippen LogP contribution in [0.25, 0.3) is 0 Å². The number of hydrogen-bond acceptors (Lipinski definition) is 8. The van der Waals surface area contributed by atoms with E-state index in [2.05, 4.69) is 16.7 Å². The van der Waals surface area contributed by atoms with Crippen molar-refractivity contribution in [2.75, 3.05) is 5.32 Å². The van der Waals surface area contributed by atoms with Gasteiger partial charge in [-0.1, -0.05) is 12.5 Å². The fourth-order valence-electron chi connectivity index (χ4n) is 3.59. The summed E-state index contributed by atoms with van der Waals surface area (Å²) in [5.41, 5.74) is 1.21. The van der Waals surface area contributed by atoms with Gasteiger partial charge in [-0.05, 0) is 51.2 Å². The number of nitrogens with zero attached hydrogens (tertiary/aromatic N) is 2. The van der Waals surface area contributed by atoms with Crippen molar-refractivity contribution in [3.63, 3.8) is 0 Å². The summed E-state index contributed by atoms with van der Waals surface area (Å²) in [7, 11) is 0. The molecule has 0 bridgehead atoms. The fourth-order valence-corrected chi connectivity index (χ4v) is 4.83. The molecule has 11 heteroatoms. The topological polar surface area (TPSA) is 151 Å². The lowest BCUT2D eigenvalue weighted by Gasteiger charge is -2.17. The number of non-ortho nitro benzene ring substituents is 1. The van der Waals surface area contributed by atoms with E-state index in [1.54, 1.807) is 0 Å². The number of nitriles is 1. The molecular weight excluding hydrogens is 460 g/mol. The van der Waals surface area contributed by atoms with Crippen molar-refractivity contribution in [3.8, 4) is 6.07 Å². The van der Waals surface area contributed by atoms with E-state index in [-0.39, 0.29) is 11.3 Å². The molecule has 34 heavy (non-hydrogen) atoms. The molecule has 0 fully saturated rings. The Morgan fingerprint density at radius 2 is 1.94 bits per heavy atom. The molecule has 3 rings (SSSR count). The van der Waals surface area contributed by atoms with Crippen molar-refractivity contribution < 1.29 is 24.0 Å². The molecule has 2 aromatic rings. The first-order chi connectivity index (χ1) is 16.2. The number of nitro benzene ring substituents is 1. The van der Waals surface area contributed by atoms with Gasteiger partial charge in [0.2, 0.25) is 0 Å². The van der Waals surface area contributed by atoms with Gasteiger partial charge in [0.15, 0.2) is 6.10 Å². The van der Waals surface area contributed by atoms with Crippen molar-refractivity contribution in [2.24, 2.45) is 0 Å². The zero-order chi connectivity index (χ0) is 24.8. The first-order valence-electron chi connectivity index (χ1n) is 10.8. The zero-order valence-electron chi connectivity index (χ0n) is 18.8. The van der Waals surface area contributed by atoms with Gasteiger partial charge in [-0.15, -0.1) is 11.3 Å². The van der Waals surface area contributed by atoms with Gasteiger partial charge in [-0.2, -0.15) is 5.26 Å². The Bertz CT molecular complexity index is 1170. The molecule has 0 spiro atoms. The van der Waals surface area contributed by atoms with Crippen LogP contribution >= 0.6 is 11.3 Å². The average molecular weight is 485 g/mol. The van der Waals surface area contributed by atoms with Crippen molar-refractivity contribution in [1.82, 2.24) is 5.32 Å². The lowest BCUT2D eigenvalue weighted by Crippen LogP contribution is -2.42. The van der Waals surface area contributed by atoms with E-state index >= 15 is 0 Å². The van der Waals surface area contributed by atoms with E-state index in [0.29, 0.717) is 10.6 Å². The Morgan fingerprint density at radius 1 is 1.21 bits per heavy atom. The van der Waals surface area contributed by atoms with Gasteiger partial charge in [0, 0.05) is 22.6 Å². The molecule has 0 saturated carbocycles. The Hall–Kier alpha value is -3.78. The minimum absolute atomic E-state index is 0.0149. The minimum Gasteiger partial charge on any atom is -0.451 e. The molecule has 0 aliphatic heterocycles. The van der Waals surface area contributed by atoms with Crippen LogP contribution in [0.15, 0.2) is 24.3 Å². The van der Waals surface area contributed by atoms with Crippen LogP contribution in [-0.2, 0) is 27.2 Å². The highest BCUT2D eigenvalue weighted by Crippen LogP contribution is 2.37. The molecule has 1 unspecified atom stereocenters. The molecule has 2 atom stereocenters. The second-order valence-electron chi connectivity index (χ2n) is 7.95. The molecule has 178 valence electrons. The van der Waals surface area contributed by atoms with E-state index in [1.807, 2.05) is 0 Å². The Morgan fingerprint density at radius 3 is 2.65 bits per heavy atom. The quantitative estimate of drug-likeness (QED) is 0.264. The SMILES string of the molecule is CC(OC(=O)[C@H](C)NC(=O)c1cccc([N+](=O)[O-])c1)C(=O)Nc1sc2c(c1C#N)CCCCC2. The number of esters is 1. The Labute approximate surface area is 200 Å². The zero-order valence-corrected chi connectivity index (χ0v) is 19.6. The van der Waals surface area contributed by atoms with Crippen LogP contribution in [0.5, 0.6) is 0 Å². The number of anilines is 1. The number of thiophene rings is 1. The first kappa shape index (κ1) is 24.9. The van der Waals surface area contributed by atoms with Crippen LogP contribution in [0.1, 0.15) is 59.5 Å². The number of amides is 2. The Kier molecular flexibility index (Phi) is 7.96. The molecule has 10 nitrogen and oxygen atoms in total. The monoisotopic (exact) mass is 484 g/mol. The van der Waals surface area contributed by atoms with E-state index < -0.39 is 34.9 Å². The van der Waals surface area contributed by atoms with Gasteiger partial charge in [-0.25, -0.2) is 4.79 Å². The second-order valence-corrected chi connectivity index (χ2v) is 9.06. The Balaban J connectivity index is 1.59. The number of aryl methyl sites for hydroxylation is 1. The smallest absolute Gasteiger partial charge is 0.329 e. The number of carbonyl (C=O) groups excluding carboxylic acids is 3. The number of nitrogens with one attached hydrogen (secondary N) is 2. The largest absolute Gasteiger partial charge is 0.451 e. The second kappa shape index (κ2) is 10.9. The van der Waals surface area contributed by atoms with Gasteiger partial charge in [0.25, 0.3) is 17.5 Å². The lowest BCUT2D eigenvalue weighted by atomic mass is 10.1. The number of hydrogen-bond donors (Lipinski definition) is 2.